The van der Waals surface area contributed by atoms with Gasteiger partial charge in [0.2, 0.25) is 0 Å². The fourth-order valence-corrected chi connectivity index (χ4v) is 2.39. The Labute approximate surface area is 112 Å². The number of nitrogens with one attached hydrogen (secondary N) is 1. The summed E-state index contributed by atoms with van der Waals surface area (Å²) >= 11 is 0. The zero-order valence-corrected chi connectivity index (χ0v) is 10.6. The Balaban J connectivity index is 1.62. The predicted molar refractivity (Wildman–Crippen MR) is 72.7 cm³/mol. The van der Waals surface area contributed by atoms with Crippen LogP contribution in [-0.4, -0.2) is 12.6 Å². The van der Waals surface area contributed by atoms with Crippen molar-refractivity contribution in [2.45, 2.75) is 19.0 Å². The molecule has 2 aromatic rings. The topological polar surface area (TPSA) is 21.3 Å². The lowest BCUT2D eigenvalue weighted by Gasteiger charge is -2.26. The summed E-state index contributed by atoms with van der Waals surface area (Å²) in [6.07, 6.45) is 0.921. The maximum absolute atomic E-state index is 13.4. The van der Waals surface area contributed by atoms with Crippen molar-refractivity contribution in [3.05, 3.63) is 65.5 Å². The summed E-state index contributed by atoms with van der Waals surface area (Å²) < 4.78 is 19.0. The van der Waals surface area contributed by atoms with Gasteiger partial charge in [-0.2, -0.15) is 0 Å². The molecule has 0 aliphatic carbocycles. The molecule has 1 aliphatic heterocycles. The molecule has 1 unspecified atom stereocenters. The fourth-order valence-electron chi connectivity index (χ4n) is 2.39. The highest BCUT2D eigenvalue weighted by Crippen LogP contribution is 2.19. The number of halogens is 1. The van der Waals surface area contributed by atoms with Crippen LogP contribution in [0.1, 0.15) is 11.1 Å². The minimum atomic E-state index is -0.307. The van der Waals surface area contributed by atoms with Crippen molar-refractivity contribution in [1.82, 2.24) is 5.32 Å². The highest BCUT2D eigenvalue weighted by Gasteiger charge is 2.18. The van der Waals surface area contributed by atoms with E-state index >= 15 is 0 Å². The van der Waals surface area contributed by atoms with Crippen molar-refractivity contribution < 1.29 is 9.13 Å². The van der Waals surface area contributed by atoms with Gasteiger partial charge in [-0.05, 0) is 29.7 Å². The molecule has 1 atom stereocenters. The molecule has 0 bridgehead atoms. The second kappa shape index (κ2) is 5.41. The van der Waals surface area contributed by atoms with E-state index in [2.05, 4.69) is 29.6 Å². The van der Waals surface area contributed by atoms with E-state index in [1.165, 1.54) is 17.2 Å². The molecule has 2 aromatic carbocycles. The zero-order valence-electron chi connectivity index (χ0n) is 10.6. The van der Waals surface area contributed by atoms with Crippen LogP contribution in [0.3, 0.4) is 0 Å². The van der Waals surface area contributed by atoms with Gasteiger partial charge in [-0.25, -0.2) is 4.39 Å². The third-order valence-electron chi connectivity index (χ3n) is 3.44. The second-order valence-electron chi connectivity index (χ2n) is 4.79. The highest BCUT2D eigenvalue weighted by molar-refractivity contribution is 5.30. The molecule has 0 saturated heterocycles. The summed E-state index contributed by atoms with van der Waals surface area (Å²) in [5.41, 5.74) is 2.69. The number of rotatable bonds is 3. The van der Waals surface area contributed by atoms with Crippen LogP contribution in [0.15, 0.2) is 48.5 Å². The molecule has 0 saturated carbocycles. The normalized spacial score (nSPS) is 17.8. The lowest BCUT2D eigenvalue weighted by atomic mass is 9.96. The average Bonchev–Trinajstić information content (AvgIpc) is 2.46. The second-order valence-corrected chi connectivity index (χ2v) is 4.79. The first-order valence-corrected chi connectivity index (χ1v) is 6.50. The van der Waals surface area contributed by atoms with Gasteiger partial charge >= 0.3 is 0 Å². The third-order valence-corrected chi connectivity index (χ3v) is 3.44. The molecule has 19 heavy (non-hydrogen) atoms. The molecule has 0 fully saturated rings. The standard InChI is InChI=1S/C16H16FNO/c17-15-7-3-4-8-16(15)19-11-14-9-12-5-1-2-6-13(12)10-18-14/h1-8,14,18H,9-11H2. The summed E-state index contributed by atoms with van der Waals surface area (Å²) in [6, 6.07) is 15.1. The molecule has 3 heteroatoms. The van der Waals surface area contributed by atoms with Gasteiger partial charge in [0.15, 0.2) is 11.6 Å². The SMILES string of the molecule is Fc1ccccc1OCC1Cc2ccccc2CN1. The smallest absolute Gasteiger partial charge is 0.165 e. The van der Waals surface area contributed by atoms with Crippen LogP contribution in [0.25, 0.3) is 0 Å². The van der Waals surface area contributed by atoms with E-state index in [-0.39, 0.29) is 11.9 Å². The van der Waals surface area contributed by atoms with Crippen molar-refractivity contribution in [3.8, 4) is 5.75 Å². The molecule has 0 aromatic heterocycles. The molecule has 1 aliphatic rings. The Kier molecular flexibility index (Phi) is 3.47. The largest absolute Gasteiger partial charge is 0.489 e. The first kappa shape index (κ1) is 12.2. The summed E-state index contributed by atoms with van der Waals surface area (Å²) in [7, 11) is 0. The Bertz CT molecular complexity index is 570. The van der Waals surface area contributed by atoms with E-state index in [1.807, 2.05) is 0 Å². The number of hydrogen-bond acceptors (Lipinski definition) is 2. The van der Waals surface area contributed by atoms with Gasteiger partial charge < -0.3 is 10.1 Å². The van der Waals surface area contributed by atoms with Crippen LogP contribution in [0.5, 0.6) is 5.75 Å². The van der Waals surface area contributed by atoms with E-state index in [0.717, 1.165) is 13.0 Å². The van der Waals surface area contributed by atoms with E-state index in [0.29, 0.717) is 12.4 Å². The van der Waals surface area contributed by atoms with E-state index in [4.69, 9.17) is 4.74 Å². The van der Waals surface area contributed by atoms with Crippen LogP contribution in [0, 0.1) is 5.82 Å². The lowest BCUT2D eigenvalue weighted by molar-refractivity contribution is 0.247. The van der Waals surface area contributed by atoms with Gasteiger partial charge in [-0.15, -0.1) is 0 Å². The summed E-state index contributed by atoms with van der Waals surface area (Å²) in [5, 5.41) is 3.42. The van der Waals surface area contributed by atoms with Gasteiger partial charge in [-0.3, -0.25) is 0 Å². The molecule has 0 amide bonds. The minimum absolute atomic E-state index is 0.231. The Morgan fingerprint density at radius 3 is 2.63 bits per heavy atom. The number of benzene rings is 2. The molecule has 98 valence electrons. The van der Waals surface area contributed by atoms with Crippen molar-refractivity contribution >= 4 is 0 Å². The van der Waals surface area contributed by atoms with Gasteiger partial charge in [0.1, 0.15) is 6.61 Å². The molecular weight excluding hydrogens is 241 g/mol. The molecule has 0 radical (unpaired) electrons. The van der Waals surface area contributed by atoms with Crippen LogP contribution < -0.4 is 10.1 Å². The summed E-state index contributed by atoms with van der Waals surface area (Å²) in [5.74, 6) is 0.0156. The van der Waals surface area contributed by atoms with Gasteiger partial charge in [0.25, 0.3) is 0 Å². The van der Waals surface area contributed by atoms with Gasteiger partial charge in [-0.1, -0.05) is 36.4 Å². The fraction of sp³-hybridized carbons (Fsp3) is 0.250. The predicted octanol–water partition coefficient (Wildman–Crippen LogP) is 2.92. The summed E-state index contributed by atoms with van der Waals surface area (Å²) in [4.78, 5) is 0. The van der Waals surface area contributed by atoms with Crippen molar-refractivity contribution in [1.29, 1.82) is 0 Å². The molecule has 0 spiro atoms. The molecule has 3 rings (SSSR count). The Morgan fingerprint density at radius 1 is 1.05 bits per heavy atom. The average molecular weight is 257 g/mol. The van der Waals surface area contributed by atoms with Crippen LogP contribution in [-0.2, 0) is 13.0 Å². The number of ether oxygens (including phenoxy) is 1. The third kappa shape index (κ3) is 2.76. The van der Waals surface area contributed by atoms with Gasteiger partial charge in [0.05, 0.1) is 0 Å². The first-order valence-electron chi connectivity index (χ1n) is 6.50. The first-order chi connectivity index (χ1) is 9.33. The minimum Gasteiger partial charge on any atom is -0.489 e. The van der Waals surface area contributed by atoms with Crippen LogP contribution >= 0.6 is 0 Å². The van der Waals surface area contributed by atoms with E-state index < -0.39 is 0 Å². The van der Waals surface area contributed by atoms with Crippen molar-refractivity contribution in [2.75, 3.05) is 6.61 Å². The number of para-hydroxylation sites is 1. The van der Waals surface area contributed by atoms with Crippen molar-refractivity contribution in [3.63, 3.8) is 0 Å². The quantitative estimate of drug-likeness (QED) is 0.913. The van der Waals surface area contributed by atoms with Crippen molar-refractivity contribution in [2.24, 2.45) is 0 Å². The summed E-state index contributed by atoms with van der Waals surface area (Å²) in [6.45, 7) is 1.33. The molecular formula is C16H16FNO. The Hall–Kier alpha value is -1.87. The van der Waals surface area contributed by atoms with Gasteiger partial charge in [0, 0.05) is 12.6 Å². The van der Waals surface area contributed by atoms with E-state index in [9.17, 15) is 4.39 Å². The monoisotopic (exact) mass is 257 g/mol. The number of fused-ring (bicyclic) bond motifs is 1. The van der Waals surface area contributed by atoms with Crippen LogP contribution in [0.2, 0.25) is 0 Å². The highest BCUT2D eigenvalue weighted by atomic mass is 19.1. The molecule has 1 heterocycles. The zero-order chi connectivity index (χ0) is 13.1. The maximum Gasteiger partial charge on any atom is 0.165 e. The van der Waals surface area contributed by atoms with E-state index in [1.54, 1.807) is 18.2 Å². The van der Waals surface area contributed by atoms with Crippen LogP contribution in [0.4, 0.5) is 4.39 Å². The Morgan fingerprint density at radius 2 is 1.79 bits per heavy atom. The molecule has 1 N–H and O–H groups in total. The number of hydrogen-bond donors (Lipinski definition) is 1. The lowest BCUT2D eigenvalue weighted by Crippen LogP contribution is -2.40. The molecule has 2 nitrogen and oxygen atoms in total. The maximum atomic E-state index is 13.4.